The fourth-order valence-electron chi connectivity index (χ4n) is 2.37. The minimum Gasteiger partial charge on any atom is -0.383 e. The van der Waals surface area contributed by atoms with Gasteiger partial charge in [-0.2, -0.15) is 5.10 Å². The van der Waals surface area contributed by atoms with E-state index < -0.39 is 0 Å². The molecule has 1 aromatic heterocycles. The second kappa shape index (κ2) is 5.49. The third kappa shape index (κ3) is 2.59. The first-order valence-electron chi connectivity index (χ1n) is 6.83. The van der Waals surface area contributed by atoms with Crippen molar-refractivity contribution in [1.29, 1.82) is 0 Å². The van der Waals surface area contributed by atoms with Crippen LogP contribution in [0.1, 0.15) is 35.3 Å². The third-order valence-electron chi connectivity index (χ3n) is 3.32. The molecule has 0 aliphatic rings. The van der Waals surface area contributed by atoms with Crippen LogP contribution in [0.2, 0.25) is 0 Å². The van der Waals surface area contributed by atoms with E-state index in [1.54, 1.807) is 4.68 Å². The topological polar surface area (TPSA) is 60.9 Å². The number of aryl methyl sites for hydroxylation is 2. The van der Waals surface area contributed by atoms with Gasteiger partial charge in [-0.15, -0.1) is 0 Å². The average Bonchev–Trinajstić information content (AvgIpc) is 2.65. The summed E-state index contributed by atoms with van der Waals surface area (Å²) < 4.78 is 1.73. The fourth-order valence-corrected chi connectivity index (χ4v) is 2.37. The molecule has 106 valence electrons. The summed E-state index contributed by atoms with van der Waals surface area (Å²) in [4.78, 5) is 11.4. The van der Waals surface area contributed by atoms with E-state index in [-0.39, 0.29) is 0 Å². The molecule has 0 spiro atoms. The first-order valence-corrected chi connectivity index (χ1v) is 6.83. The molecule has 4 nitrogen and oxygen atoms in total. The number of nitrogens with zero attached hydrogens (tertiary/aromatic N) is 2. The van der Waals surface area contributed by atoms with Gasteiger partial charge >= 0.3 is 0 Å². The summed E-state index contributed by atoms with van der Waals surface area (Å²) in [5.74, 6) is 0.868. The van der Waals surface area contributed by atoms with Gasteiger partial charge in [-0.3, -0.25) is 4.79 Å². The van der Waals surface area contributed by atoms with E-state index in [9.17, 15) is 4.79 Å². The van der Waals surface area contributed by atoms with E-state index >= 15 is 0 Å². The first kappa shape index (κ1) is 14.3. The van der Waals surface area contributed by atoms with Gasteiger partial charge in [-0.05, 0) is 25.3 Å². The summed E-state index contributed by atoms with van der Waals surface area (Å²) in [6, 6.07) is 6.11. The van der Waals surface area contributed by atoms with Crippen LogP contribution in [0.4, 0.5) is 5.82 Å². The minimum absolute atomic E-state index is 0.420. The minimum atomic E-state index is 0.420. The Morgan fingerprint density at radius 2 is 2.05 bits per heavy atom. The Morgan fingerprint density at radius 3 is 2.60 bits per heavy atom. The molecule has 0 amide bonds. The normalized spacial score (nSPS) is 11.1. The van der Waals surface area contributed by atoms with Crippen molar-refractivity contribution < 1.29 is 4.79 Å². The Labute approximate surface area is 119 Å². The molecule has 0 aliphatic heterocycles. The summed E-state index contributed by atoms with van der Waals surface area (Å²) in [6.45, 7) is 8.96. The van der Waals surface area contributed by atoms with Crippen molar-refractivity contribution in [2.75, 3.05) is 5.73 Å². The highest BCUT2D eigenvalue weighted by atomic mass is 16.1. The molecule has 0 aliphatic carbocycles. The largest absolute Gasteiger partial charge is 0.383 e. The lowest BCUT2D eigenvalue weighted by molar-refractivity contribution is 0.112. The lowest BCUT2D eigenvalue weighted by Gasteiger charge is -2.06. The number of aldehydes is 1. The molecule has 4 heteroatoms. The molecule has 0 fully saturated rings. The number of hydrogen-bond donors (Lipinski definition) is 1. The van der Waals surface area contributed by atoms with Gasteiger partial charge in [-0.25, -0.2) is 4.68 Å². The SMILES string of the molecule is Cc1ccc(-c2nn(CC(C)C)c(N)c2C=O)c(C)c1. The zero-order valence-electron chi connectivity index (χ0n) is 12.5. The van der Waals surface area contributed by atoms with Crippen LogP contribution in [-0.2, 0) is 6.54 Å². The van der Waals surface area contributed by atoms with Gasteiger partial charge in [0.2, 0.25) is 0 Å². The Hall–Kier alpha value is -2.10. The summed E-state index contributed by atoms with van der Waals surface area (Å²) in [7, 11) is 0. The fraction of sp³-hybridized carbons (Fsp3) is 0.375. The number of carbonyl (C=O) groups is 1. The molecule has 2 rings (SSSR count). The number of nitrogens with two attached hydrogens (primary N) is 1. The molecular formula is C16H21N3O. The molecule has 0 saturated carbocycles. The predicted octanol–water partition coefficient (Wildman–Crippen LogP) is 3.22. The quantitative estimate of drug-likeness (QED) is 0.868. The van der Waals surface area contributed by atoms with E-state index in [4.69, 9.17) is 5.73 Å². The zero-order valence-corrected chi connectivity index (χ0v) is 12.5. The van der Waals surface area contributed by atoms with E-state index in [1.165, 1.54) is 5.56 Å². The number of hydrogen-bond acceptors (Lipinski definition) is 3. The molecule has 20 heavy (non-hydrogen) atoms. The van der Waals surface area contributed by atoms with Gasteiger partial charge in [0.15, 0.2) is 6.29 Å². The summed E-state index contributed by atoms with van der Waals surface area (Å²) in [5.41, 5.74) is 10.5. The number of nitrogen functional groups attached to an aromatic ring is 1. The highest BCUT2D eigenvalue weighted by molar-refractivity contribution is 5.92. The van der Waals surface area contributed by atoms with Crippen LogP contribution < -0.4 is 5.73 Å². The van der Waals surface area contributed by atoms with E-state index in [0.717, 1.165) is 17.4 Å². The van der Waals surface area contributed by atoms with Gasteiger partial charge < -0.3 is 5.73 Å². The Kier molecular flexibility index (Phi) is 3.93. The predicted molar refractivity (Wildman–Crippen MR) is 81.8 cm³/mol. The van der Waals surface area contributed by atoms with Crippen molar-refractivity contribution in [1.82, 2.24) is 9.78 Å². The lowest BCUT2D eigenvalue weighted by Crippen LogP contribution is -2.09. The average molecular weight is 271 g/mol. The van der Waals surface area contributed by atoms with Gasteiger partial charge in [-0.1, -0.05) is 37.6 Å². The van der Waals surface area contributed by atoms with Crippen LogP contribution >= 0.6 is 0 Å². The second-order valence-corrected chi connectivity index (χ2v) is 5.66. The Balaban J connectivity index is 2.58. The van der Waals surface area contributed by atoms with Crippen LogP contribution in [0, 0.1) is 19.8 Å². The molecular weight excluding hydrogens is 250 g/mol. The summed E-state index contributed by atoms with van der Waals surface area (Å²) >= 11 is 0. The van der Waals surface area contributed by atoms with Crippen molar-refractivity contribution in [3.63, 3.8) is 0 Å². The molecule has 0 unspecified atom stereocenters. The number of benzene rings is 1. The molecule has 0 radical (unpaired) electrons. The van der Waals surface area contributed by atoms with Crippen molar-refractivity contribution in [3.05, 3.63) is 34.9 Å². The highest BCUT2D eigenvalue weighted by Crippen LogP contribution is 2.29. The second-order valence-electron chi connectivity index (χ2n) is 5.66. The molecule has 1 heterocycles. The maximum absolute atomic E-state index is 11.4. The van der Waals surface area contributed by atoms with Crippen molar-refractivity contribution in [3.8, 4) is 11.3 Å². The molecule has 0 bridgehead atoms. The lowest BCUT2D eigenvalue weighted by atomic mass is 10.0. The van der Waals surface area contributed by atoms with Gasteiger partial charge in [0, 0.05) is 12.1 Å². The van der Waals surface area contributed by atoms with Crippen LogP contribution in [0.25, 0.3) is 11.3 Å². The number of aromatic nitrogens is 2. The Bertz CT molecular complexity index is 641. The smallest absolute Gasteiger partial charge is 0.156 e. The molecule has 2 aromatic rings. The monoisotopic (exact) mass is 271 g/mol. The highest BCUT2D eigenvalue weighted by Gasteiger charge is 2.18. The maximum Gasteiger partial charge on any atom is 0.156 e. The van der Waals surface area contributed by atoms with Gasteiger partial charge in [0.25, 0.3) is 0 Å². The van der Waals surface area contributed by atoms with Gasteiger partial charge in [0.05, 0.1) is 5.56 Å². The standard InChI is InChI=1S/C16H21N3O/c1-10(2)8-19-16(17)14(9-20)15(18-19)13-6-5-11(3)7-12(13)4/h5-7,9-10H,8,17H2,1-4H3. The number of carbonyl (C=O) groups excluding carboxylic acids is 1. The third-order valence-corrected chi connectivity index (χ3v) is 3.32. The van der Waals surface area contributed by atoms with Crippen molar-refractivity contribution >= 4 is 12.1 Å². The van der Waals surface area contributed by atoms with Crippen molar-refractivity contribution in [2.24, 2.45) is 5.92 Å². The van der Waals surface area contributed by atoms with E-state index in [1.807, 2.05) is 26.0 Å². The van der Waals surface area contributed by atoms with E-state index in [0.29, 0.717) is 29.5 Å². The molecule has 0 atom stereocenters. The van der Waals surface area contributed by atoms with Gasteiger partial charge in [0.1, 0.15) is 11.5 Å². The molecule has 0 saturated heterocycles. The number of rotatable bonds is 4. The first-order chi connectivity index (χ1) is 9.43. The summed E-state index contributed by atoms with van der Waals surface area (Å²) in [6.07, 6.45) is 0.799. The molecule has 1 aromatic carbocycles. The van der Waals surface area contributed by atoms with Crippen LogP contribution in [0.3, 0.4) is 0 Å². The summed E-state index contributed by atoms with van der Waals surface area (Å²) in [5, 5.41) is 4.54. The van der Waals surface area contributed by atoms with Crippen LogP contribution in [0.5, 0.6) is 0 Å². The van der Waals surface area contributed by atoms with E-state index in [2.05, 4.69) is 25.0 Å². The number of anilines is 1. The Morgan fingerprint density at radius 1 is 1.35 bits per heavy atom. The van der Waals surface area contributed by atoms with Crippen LogP contribution in [-0.4, -0.2) is 16.1 Å². The van der Waals surface area contributed by atoms with Crippen LogP contribution in [0.15, 0.2) is 18.2 Å². The zero-order chi connectivity index (χ0) is 14.9. The van der Waals surface area contributed by atoms with Crippen molar-refractivity contribution in [2.45, 2.75) is 34.2 Å². The maximum atomic E-state index is 11.4. The molecule has 2 N–H and O–H groups in total.